The number of hydrogen-bond acceptors (Lipinski definition) is 2. The summed E-state index contributed by atoms with van der Waals surface area (Å²) in [6, 6.07) is 0. The molecule has 0 aromatic heterocycles. The van der Waals surface area contributed by atoms with E-state index in [9.17, 15) is 0 Å². The summed E-state index contributed by atoms with van der Waals surface area (Å²) in [5.41, 5.74) is 0. The van der Waals surface area contributed by atoms with Crippen LogP contribution in [0.2, 0.25) is 0 Å². The Labute approximate surface area is 61.4 Å². The van der Waals surface area contributed by atoms with Crippen LogP contribution in [0.1, 0.15) is 0 Å². The molecule has 2 N–H and O–H groups in total. The molecule has 0 aliphatic carbocycles. The van der Waals surface area contributed by atoms with E-state index in [1.807, 2.05) is 6.08 Å². The van der Waals surface area contributed by atoms with Gasteiger partial charge < -0.3 is 10.4 Å². The first-order valence-electron chi connectivity index (χ1n) is 2.28. The smallest absolute Gasteiger partial charge is 0.184 e. The third-order valence-corrected chi connectivity index (χ3v) is 1.60. The zero-order valence-corrected chi connectivity index (χ0v) is 6.34. The first-order valence-corrected chi connectivity index (χ1v) is 3.36. The number of nitrogens with one attached hydrogen (secondary N) is 1. The molecule has 0 spiro atoms. The molecule has 1 aliphatic heterocycles. The topological polar surface area (TPSA) is 32.3 Å². The Hall–Kier alpha value is -0.190. The van der Waals surface area contributed by atoms with Gasteiger partial charge in [0.1, 0.15) is 0 Å². The molecular weight excluding hydrogens is 217 g/mol. The molecule has 0 saturated heterocycles. The van der Waals surface area contributed by atoms with Crippen molar-refractivity contribution < 1.29 is 5.11 Å². The van der Waals surface area contributed by atoms with Crippen LogP contribution in [0.25, 0.3) is 0 Å². The fourth-order valence-electron chi connectivity index (χ4n) is 0.462. The van der Waals surface area contributed by atoms with Crippen LogP contribution in [-0.2, 0) is 0 Å². The first-order chi connectivity index (χ1) is 3.79. The van der Waals surface area contributed by atoms with Crippen molar-refractivity contribution in [2.24, 2.45) is 0 Å². The van der Waals surface area contributed by atoms with E-state index in [1.54, 1.807) is 6.08 Å². The summed E-state index contributed by atoms with van der Waals surface area (Å²) in [6.45, 7) is 0.753. The van der Waals surface area contributed by atoms with E-state index in [4.69, 9.17) is 5.11 Å². The molecule has 1 heterocycles. The number of halogens is 1. The molecule has 1 rings (SSSR count). The van der Waals surface area contributed by atoms with Crippen molar-refractivity contribution in [1.29, 1.82) is 0 Å². The summed E-state index contributed by atoms with van der Waals surface area (Å²) in [6.07, 6.45) is 3.53. The summed E-state index contributed by atoms with van der Waals surface area (Å²) in [7, 11) is 0. The molecule has 0 fully saturated rings. The molecule has 0 amide bonds. The summed E-state index contributed by atoms with van der Waals surface area (Å²) in [5.74, 6) is 0.255. The number of hydrogen-bond donors (Lipinski definition) is 2. The molecule has 3 heteroatoms. The van der Waals surface area contributed by atoms with Gasteiger partial charge in [0.2, 0.25) is 0 Å². The van der Waals surface area contributed by atoms with E-state index in [-0.39, 0.29) is 5.88 Å². The summed E-state index contributed by atoms with van der Waals surface area (Å²) in [4.78, 5) is 0. The summed E-state index contributed by atoms with van der Waals surface area (Å²) in [5, 5.41) is 11.5. The predicted molar refractivity (Wildman–Crippen MR) is 40.8 cm³/mol. The molecule has 0 saturated carbocycles. The average Bonchev–Trinajstić information content (AvgIpc) is 1.77. The lowest BCUT2D eigenvalue weighted by Gasteiger charge is -2.06. The standard InChI is InChI=1S/C5H6INO/c6-4-1-2-5(8)7-3-4/h1-2,7-8H,3H2. The van der Waals surface area contributed by atoms with E-state index in [2.05, 4.69) is 27.9 Å². The lowest BCUT2D eigenvalue weighted by Crippen LogP contribution is -2.16. The molecule has 0 atom stereocenters. The van der Waals surface area contributed by atoms with Gasteiger partial charge in [-0.3, -0.25) is 0 Å². The van der Waals surface area contributed by atoms with E-state index in [0.29, 0.717) is 0 Å². The fourth-order valence-corrected chi connectivity index (χ4v) is 0.833. The van der Waals surface area contributed by atoms with Crippen LogP contribution in [-0.4, -0.2) is 11.7 Å². The van der Waals surface area contributed by atoms with Gasteiger partial charge in [0, 0.05) is 10.1 Å². The second-order valence-corrected chi connectivity index (χ2v) is 2.90. The molecule has 44 valence electrons. The zero-order chi connectivity index (χ0) is 5.98. The highest BCUT2D eigenvalue weighted by Crippen LogP contribution is 2.08. The molecule has 0 aromatic carbocycles. The van der Waals surface area contributed by atoms with Crippen LogP contribution >= 0.6 is 22.6 Å². The molecule has 1 aliphatic rings. The molecule has 0 unspecified atom stereocenters. The minimum absolute atomic E-state index is 0.255. The van der Waals surface area contributed by atoms with Gasteiger partial charge in [0.05, 0.1) is 0 Å². The zero-order valence-electron chi connectivity index (χ0n) is 4.19. The molecule has 0 bridgehead atoms. The normalized spacial score (nSPS) is 18.6. The van der Waals surface area contributed by atoms with Gasteiger partial charge in [-0.2, -0.15) is 0 Å². The maximum absolute atomic E-state index is 8.73. The maximum Gasteiger partial charge on any atom is 0.184 e. The minimum Gasteiger partial charge on any atom is -0.495 e. The second kappa shape index (κ2) is 2.39. The predicted octanol–water partition coefficient (Wildman–Crippen LogP) is 1.31. The van der Waals surface area contributed by atoms with Gasteiger partial charge in [-0.1, -0.05) is 0 Å². The summed E-state index contributed by atoms with van der Waals surface area (Å²) < 4.78 is 1.21. The van der Waals surface area contributed by atoms with Crippen molar-refractivity contribution in [3.8, 4) is 0 Å². The first kappa shape index (κ1) is 5.94. The average molecular weight is 223 g/mol. The highest BCUT2D eigenvalue weighted by Gasteiger charge is 1.97. The Morgan fingerprint density at radius 1 is 1.62 bits per heavy atom. The van der Waals surface area contributed by atoms with Gasteiger partial charge in [-0.05, 0) is 34.7 Å². The Bertz CT molecular complexity index is 133. The number of allylic oxidation sites excluding steroid dienone is 2. The maximum atomic E-state index is 8.73. The Morgan fingerprint density at radius 3 is 2.75 bits per heavy atom. The van der Waals surface area contributed by atoms with Crippen LogP contribution in [0.5, 0.6) is 0 Å². The highest BCUT2D eigenvalue weighted by molar-refractivity contribution is 14.1. The van der Waals surface area contributed by atoms with Gasteiger partial charge in [0.25, 0.3) is 0 Å². The van der Waals surface area contributed by atoms with E-state index in [1.165, 1.54) is 3.58 Å². The number of dihydropyridines is 1. The molecule has 0 radical (unpaired) electrons. The Kier molecular flexibility index (Phi) is 1.77. The lowest BCUT2D eigenvalue weighted by atomic mass is 10.4. The Balaban J connectivity index is 2.65. The third kappa shape index (κ3) is 1.40. The van der Waals surface area contributed by atoms with E-state index >= 15 is 0 Å². The van der Waals surface area contributed by atoms with Crippen LogP contribution in [0.3, 0.4) is 0 Å². The SMILES string of the molecule is OC1=CC=C(I)CN1. The van der Waals surface area contributed by atoms with Crippen LogP contribution in [0, 0.1) is 0 Å². The van der Waals surface area contributed by atoms with Crippen molar-refractivity contribution in [2.75, 3.05) is 6.54 Å². The van der Waals surface area contributed by atoms with Crippen molar-refractivity contribution in [3.05, 3.63) is 21.6 Å². The second-order valence-electron chi connectivity index (χ2n) is 1.52. The molecule has 0 aromatic rings. The number of aliphatic hydroxyl groups excluding tert-OH is 1. The lowest BCUT2D eigenvalue weighted by molar-refractivity contribution is 0.368. The number of aliphatic hydroxyl groups is 1. The van der Waals surface area contributed by atoms with Crippen molar-refractivity contribution >= 4 is 22.6 Å². The van der Waals surface area contributed by atoms with Gasteiger partial charge in [-0.15, -0.1) is 0 Å². The molecule has 2 nitrogen and oxygen atoms in total. The summed E-state index contributed by atoms with van der Waals surface area (Å²) >= 11 is 2.21. The largest absolute Gasteiger partial charge is 0.495 e. The number of rotatable bonds is 0. The minimum atomic E-state index is 0.255. The van der Waals surface area contributed by atoms with Gasteiger partial charge in [-0.25, -0.2) is 0 Å². The quantitative estimate of drug-likeness (QED) is 0.606. The van der Waals surface area contributed by atoms with Crippen molar-refractivity contribution in [1.82, 2.24) is 5.32 Å². The van der Waals surface area contributed by atoms with Gasteiger partial charge in [0.15, 0.2) is 5.88 Å². The third-order valence-electron chi connectivity index (χ3n) is 0.860. The van der Waals surface area contributed by atoms with Crippen LogP contribution in [0.15, 0.2) is 21.6 Å². The van der Waals surface area contributed by atoms with E-state index in [0.717, 1.165) is 6.54 Å². The van der Waals surface area contributed by atoms with Crippen LogP contribution in [0.4, 0.5) is 0 Å². The molecular formula is C5H6INO. The highest BCUT2D eigenvalue weighted by atomic mass is 127. The van der Waals surface area contributed by atoms with Crippen LogP contribution < -0.4 is 5.32 Å². The fraction of sp³-hybridized carbons (Fsp3) is 0.200. The van der Waals surface area contributed by atoms with Crippen molar-refractivity contribution in [3.63, 3.8) is 0 Å². The monoisotopic (exact) mass is 223 g/mol. The van der Waals surface area contributed by atoms with Crippen molar-refractivity contribution in [2.45, 2.75) is 0 Å². The van der Waals surface area contributed by atoms with Gasteiger partial charge >= 0.3 is 0 Å². The molecule has 8 heavy (non-hydrogen) atoms. The Morgan fingerprint density at radius 2 is 2.38 bits per heavy atom. The van der Waals surface area contributed by atoms with E-state index < -0.39 is 0 Å².